The van der Waals surface area contributed by atoms with Gasteiger partial charge < -0.3 is 10.2 Å². The largest absolute Gasteiger partial charge is 0.384 e. The lowest BCUT2D eigenvalue weighted by Gasteiger charge is -2.18. The SMILES string of the molecule is CCN(CC)C(=O)CCNc1cccc(F)c1. The molecule has 0 fully saturated rings. The number of amides is 1. The van der Waals surface area contributed by atoms with Crippen LogP contribution in [0.2, 0.25) is 0 Å². The molecule has 0 unspecified atom stereocenters. The van der Waals surface area contributed by atoms with E-state index in [0.717, 1.165) is 13.1 Å². The smallest absolute Gasteiger partial charge is 0.224 e. The van der Waals surface area contributed by atoms with E-state index in [1.807, 2.05) is 13.8 Å². The van der Waals surface area contributed by atoms with Crippen LogP contribution in [-0.2, 0) is 4.79 Å². The van der Waals surface area contributed by atoms with Gasteiger partial charge in [-0.1, -0.05) is 6.07 Å². The lowest BCUT2D eigenvalue weighted by molar-refractivity contribution is -0.130. The van der Waals surface area contributed by atoms with Gasteiger partial charge in [0.25, 0.3) is 0 Å². The minimum atomic E-state index is -0.273. The molecule has 0 radical (unpaired) electrons. The summed E-state index contributed by atoms with van der Waals surface area (Å²) in [6.07, 6.45) is 0.429. The van der Waals surface area contributed by atoms with Crippen LogP contribution in [0.25, 0.3) is 0 Å². The first kappa shape index (κ1) is 13.5. The van der Waals surface area contributed by atoms with E-state index in [2.05, 4.69) is 5.32 Å². The number of carbonyl (C=O) groups excluding carboxylic acids is 1. The van der Waals surface area contributed by atoms with Crippen LogP contribution >= 0.6 is 0 Å². The van der Waals surface area contributed by atoms with Gasteiger partial charge in [0, 0.05) is 31.7 Å². The number of hydrogen-bond donors (Lipinski definition) is 1. The Labute approximate surface area is 102 Å². The van der Waals surface area contributed by atoms with Crippen molar-refractivity contribution in [3.8, 4) is 0 Å². The number of halogens is 1. The second-order valence-electron chi connectivity index (χ2n) is 3.75. The molecule has 0 bridgehead atoms. The Morgan fingerprint density at radius 3 is 2.65 bits per heavy atom. The summed E-state index contributed by atoms with van der Waals surface area (Å²) in [5, 5.41) is 3.03. The zero-order valence-corrected chi connectivity index (χ0v) is 10.4. The molecule has 94 valence electrons. The Kier molecular flexibility index (Phi) is 5.46. The topological polar surface area (TPSA) is 32.3 Å². The maximum atomic E-state index is 12.9. The lowest BCUT2D eigenvalue weighted by atomic mass is 10.3. The summed E-state index contributed by atoms with van der Waals surface area (Å²) < 4.78 is 12.9. The molecule has 4 heteroatoms. The van der Waals surface area contributed by atoms with Gasteiger partial charge in [0.05, 0.1) is 0 Å². The Morgan fingerprint density at radius 2 is 2.06 bits per heavy atom. The summed E-state index contributed by atoms with van der Waals surface area (Å²) in [5.74, 6) is -0.149. The molecule has 0 spiro atoms. The Bertz CT molecular complexity index is 364. The van der Waals surface area contributed by atoms with E-state index in [1.54, 1.807) is 17.0 Å². The lowest BCUT2D eigenvalue weighted by Crippen LogP contribution is -2.31. The van der Waals surface area contributed by atoms with E-state index in [4.69, 9.17) is 0 Å². The molecule has 1 aromatic carbocycles. The molecule has 0 heterocycles. The van der Waals surface area contributed by atoms with Gasteiger partial charge in [-0.2, -0.15) is 0 Å². The molecule has 0 saturated carbocycles. The molecule has 0 aliphatic heterocycles. The predicted octanol–water partition coefficient (Wildman–Crippen LogP) is 2.50. The first-order chi connectivity index (χ1) is 8.17. The fraction of sp³-hybridized carbons (Fsp3) is 0.462. The highest BCUT2D eigenvalue weighted by atomic mass is 19.1. The third kappa shape index (κ3) is 4.43. The minimum absolute atomic E-state index is 0.124. The molecule has 0 aromatic heterocycles. The highest BCUT2D eigenvalue weighted by Gasteiger charge is 2.08. The summed E-state index contributed by atoms with van der Waals surface area (Å²) in [6, 6.07) is 6.24. The third-order valence-corrected chi connectivity index (χ3v) is 2.61. The van der Waals surface area contributed by atoms with Crippen LogP contribution in [0.15, 0.2) is 24.3 Å². The van der Waals surface area contributed by atoms with Crippen molar-refractivity contribution in [1.29, 1.82) is 0 Å². The molecule has 0 atom stereocenters. The van der Waals surface area contributed by atoms with Crippen LogP contribution in [0.1, 0.15) is 20.3 Å². The van der Waals surface area contributed by atoms with Gasteiger partial charge in [-0.15, -0.1) is 0 Å². The number of carbonyl (C=O) groups is 1. The second kappa shape index (κ2) is 6.89. The molecular weight excluding hydrogens is 219 g/mol. The first-order valence-electron chi connectivity index (χ1n) is 5.94. The molecule has 1 aromatic rings. The number of rotatable bonds is 6. The van der Waals surface area contributed by atoms with Gasteiger partial charge in [0.15, 0.2) is 0 Å². The molecule has 0 aliphatic rings. The summed E-state index contributed by atoms with van der Waals surface area (Å²) >= 11 is 0. The molecule has 3 nitrogen and oxygen atoms in total. The van der Waals surface area contributed by atoms with Crippen molar-refractivity contribution in [2.45, 2.75) is 20.3 Å². The highest BCUT2D eigenvalue weighted by Crippen LogP contribution is 2.08. The zero-order valence-electron chi connectivity index (χ0n) is 10.4. The van der Waals surface area contributed by atoms with Crippen LogP contribution < -0.4 is 5.32 Å². The van der Waals surface area contributed by atoms with Gasteiger partial charge in [0.1, 0.15) is 5.82 Å². The van der Waals surface area contributed by atoms with Crippen molar-refractivity contribution < 1.29 is 9.18 Å². The quantitative estimate of drug-likeness (QED) is 0.825. The summed E-state index contributed by atoms with van der Waals surface area (Å²) in [6.45, 7) is 5.91. The molecule has 17 heavy (non-hydrogen) atoms. The van der Waals surface area contributed by atoms with E-state index in [-0.39, 0.29) is 11.7 Å². The van der Waals surface area contributed by atoms with Gasteiger partial charge in [-0.05, 0) is 32.0 Å². The Morgan fingerprint density at radius 1 is 1.35 bits per heavy atom. The standard InChI is InChI=1S/C13H19FN2O/c1-3-16(4-2)13(17)8-9-15-12-7-5-6-11(14)10-12/h5-7,10,15H,3-4,8-9H2,1-2H3. The number of nitrogens with one attached hydrogen (secondary N) is 1. The van der Waals surface area contributed by atoms with Gasteiger partial charge in [-0.3, -0.25) is 4.79 Å². The Balaban J connectivity index is 2.35. The maximum Gasteiger partial charge on any atom is 0.224 e. The van der Waals surface area contributed by atoms with Crippen molar-refractivity contribution in [3.05, 3.63) is 30.1 Å². The number of benzene rings is 1. The van der Waals surface area contributed by atoms with Crippen molar-refractivity contribution in [2.75, 3.05) is 25.0 Å². The van der Waals surface area contributed by atoms with Crippen molar-refractivity contribution in [1.82, 2.24) is 4.90 Å². The molecule has 0 aliphatic carbocycles. The average molecular weight is 238 g/mol. The number of hydrogen-bond acceptors (Lipinski definition) is 2. The first-order valence-corrected chi connectivity index (χ1v) is 5.94. The highest BCUT2D eigenvalue weighted by molar-refractivity contribution is 5.76. The van der Waals surface area contributed by atoms with Gasteiger partial charge in [0.2, 0.25) is 5.91 Å². The molecular formula is C13H19FN2O. The molecule has 1 rings (SSSR count). The Hall–Kier alpha value is -1.58. The van der Waals surface area contributed by atoms with E-state index in [1.165, 1.54) is 12.1 Å². The number of anilines is 1. The summed E-state index contributed by atoms with van der Waals surface area (Å²) in [4.78, 5) is 13.5. The van der Waals surface area contributed by atoms with Crippen LogP contribution in [-0.4, -0.2) is 30.4 Å². The third-order valence-electron chi connectivity index (χ3n) is 2.61. The molecule has 1 amide bonds. The normalized spacial score (nSPS) is 10.1. The minimum Gasteiger partial charge on any atom is -0.384 e. The van der Waals surface area contributed by atoms with Crippen molar-refractivity contribution >= 4 is 11.6 Å². The van der Waals surface area contributed by atoms with Crippen LogP contribution in [0.5, 0.6) is 0 Å². The van der Waals surface area contributed by atoms with E-state index < -0.39 is 0 Å². The van der Waals surface area contributed by atoms with E-state index in [9.17, 15) is 9.18 Å². The predicted molar refractivity (Wildman–Crippen MR) is 67.4 cm³/mol. The van der Waals surface area contributed by atoms with Crippen LogP contribution in [0.4, 0.5) is 10.1 Å². The van der Waals surface area contributed by atoms with Gasteiger partial charge in [-0.25, -0.2) is 4.39 Å². The average Bonchev–Trinajstić information content (AvgIpc) is 2.30. The molecule has 0 saturated heterocycles. The number of nitrogens with zero attached hydrogens (tertiary/aromatic N) is 1. The zero-order chi connectivity index (χ0) is 12.7. The van der Waals surface area contributed by atoms with Crippen LogP contribution in [0, 0.1) is 5.82 Å². The molecule has 1 N–H and O–H groups in total. The van der Waals surface area contributed by atoms with E-state index in [0.29, 0.717) is 18.7 Å². The van der Waals surface area contributed by atoms with E-state index >= 15 is 0 Å². The van der Waals surface area contributed by atoms with Gasteiger partial charge >= 0.3 is 0 Å². The fourth-order valence-electron chi connectivity index (χ4n) is 1.65. The monoisotopic (exact) mass is 238 g/mol. The van der Waals surface area contributed by atoms with Crippen LogP contribution in [0.3, 0.4) is 0 Å². The fourth-order valence-corrected chi connectivity index (χ4v) is 1.65. The van der Waals surface area contributed by atoms with Crippen molar-refractivity contribution in [3.63, 3.8) is 0 Å². The summed E-state index contributed by atoms with van der Waals surface area (Å²) in [5.41, 5.74) is 0.706. The summed E-state index contributed by atoms with van der Waals surface area (Å²) in [7, 11) is 0. The van der Waals surface area contributed by atoms with Crippen molar-refractivity contribution in [2.24, 2.45) is 0 Å². The second-order valence-corrected chi connectivity index (χ2v) is 3.75. The maximum absolute atomic E-state index is 12.9.